The molecule has 1 unspecified atom stereocenters. The van der Waals surface area contributed by atoms with Crippen LogP contribution in [-0.4, -0.2) is 33.6 Å². The highest BCUT2D eigenvalue weighted by atomic mass is 16.3. The minimum absolute atomic E-state index is 0.0285. The standard InChI is InChI=1S/C7H11N5O2/c8-4-1-10-7(11-2-4)12-3-5(13)6(9)14/h1-2,5,13H,3,8H2,(H2,9,14)(H,10,11,12). The summed E-state index contributed by atoms with van der Waals surface area (Å²) in [6.07, 6.45) is 1.56. The summed E-state index contributed by atoms with van der Waals surface area (Å²) in [6, 6.07) is 0. The molecule has 0 fully saturated rings. The number of hydrogen-bond donors (Lipinski definition) is 4. The van der Waals surface area contributed by atoms with Crippen molar-refractivity contribution in [1.29, 1.82) is 0 Å². The summed E-state index contributed by atoms with van der Waals surface area (Å²) in [5, 5.41) is 11.6. The van der Waals surface area contributed by atoms with E-state index in [0.29, 0.717) is 5.69 Å². The van der Waals surface area contributed by atoms with E-state index in [4.69, 9.17) is 16.6 Å². The SMILES string of the molecule is NC(=O)C(O)CNc1ncc(N)cn1. The second-order valence-electron chi connectivity index (χ2n) is 2.64. The van der Waals surface area contributed by atoms with Crippen LogP contribution in [0.15, 0.2) is 12.4 Å². The van der Waals surface area contributed by atoms with Crippen LogP contribution in [0.5, 0.6) is 0 Å². The molecule has 0 bridgehead atoms. The van der Waals surface area contributed by atoms with Gasteiger partial charge in [0.25, 0.3) is 0 Å². The molecule has 6 N–H and O–H groups in total. The van der Waals surface area contributed by atoms with Gasteiger partial charge >= 0.3 is 0 Å². The quantitative estimate of drug-likeness (QED) is 0.456. The van der Waals surface area contributed by atoms with Crippen LogP contribution in [0.25, 0.3) is 0 Å². The molecule has 0 saturated heterocycles. The van der Waals surface area contributed by atoms with Crippen molar-refractivity contribution < 1.29 is 9.90 Å². The van der Waals surface area contributed by atoms with Crippen molar-refractivity contribution in [3.8, 4) is 0 Å². The van der Waals surface area contributed by atoms with E-state index in [1.807, 2.05) is 0 Å². The molecule has 14 heavy (non-hydrogen) atoms. The van der Waals surface area contributed by atoms with Crippen LogP contribution in [-0.2, 0) is 4.79 Å². The van der Waals surface area contributed by atoms with E-state index in [2.05, 4.69) is 15.3 Å². The van der Waals surface area contributed by atoms with E-state index in [-0.39, 0.29) is 12.5 Å². The average molecular weight is 197 g/mol. The summed E-state index contributed by atoms with van der Waals surface area (Å²) >= 11 is 0. The molecule has 0 spiro atoms. The molecule has 0 saturated carbocycles. The maximum Gasteiger partial charge on any atom is 0.248 e. The number of primary amides is 1. The van der Waals surface area contributed by atoms with Gasteiger partial charge in [-0.1, -0.05) is 0 Å². The first-order valence-electron chi connectivity index (χ1n) is 3.88. The summed E-state index contributed by atoms with van der Waals surface area (Å²) in [4.78, 5) is 18.0. The number of aromatic nitrogens is 2. The van der Waals surface area contributed by atoms with Crippen LogP contribution < -0.4 is 16.8 Å². The molecular weight excluding hydrogens is 186 g/mol. The summed E-state index contributed by atoms with van der Waals surface area (Å²) in [5.41, 5.74) is 10.6. The fourth-order valence-corrected chi connectivity index (χ4v) is 0.718. The predicted octanol–water partition coefficient (Wildman–Crippen LogP) is -1.68. The summed E-state index contributed by atoms with van der Waals surface area (Å²) in [6.45, 7) is -0.0285. The Balaban J connectivity index is 2.46. The fraction of sp³-hybridized carbons (Fsp3) is 0.286. The van der Waals surface area contributed by atoms with Crippen LogP contribution in [0.4, 0.5) is 11.6 Å². The van der Waals surface area contributed by atoms with Crippen molar-refractivity contribution in [3.05, 3.63) is 12.4 Å². The Hall–Kier alpha value is -1.89. The molecule has 0 aromatic carbocycles. The van der Waals surface area contributed by atoms with Gasteiger partial charge in [0.2, 0.25) is 11.9 Å². The molecule has 1 rings (SSSR count). The number of anilines is 2. The zero-order valence-electron chi connectivity index (χ0n) is 7.34. The third kappa shape index (κ3) is 2.87. The fourth-order valence-electron chi connectivity index (χ4n) is 0.718. The Bertz CT molecular complexity index is 312. The van der Waals surface area contributed by atoms with Crippen molar-refractivity contribution in [2.45, 2.75) is 6.10 Å². The molecule has 0 aliphatic heterocycles. The number of nitrogen functional groups attached to an aromatic ring is 1. The molecule has 1 amide bonds. The van der Waals surface area contributed by atoms with E-state index in [9.17, 15) is 4.79 Å². The van der Waals surface area contributed by atoms with Crippen molar-refractivity contribution >= 4 is 17.5 Å². The number of aliphatic hydroxyl groups is 1. The summed E-state index contributed by atoms with van der Waals surface area (Å²) in [5.74, 6) is -0.521. The van der Waals surface area contributed by atoms with E-state index in [1.54, 1.807) is 0 Å². The molecule has 1 aromatic rings. The molecular formula is C7H11N5O2. The van der Waals surface area contributed by atoms with Crippen molar-refractivity contribution in [2.75, 3.05) is 17.6 Å². The highest BCUT2D eigenvalue weighted by molar-refractivity contribution is 5.79. The normalized spacial score (nSPS) is 12.1. The Morgan fingerprint density at radius 2 is 2.14 bits per heavy atom. The van der Waals surface area contributed by atoms with Crippen LogP contribution in [0.2, 0.25) is 0 Å². The first-order chi connectivity index (χ1) is 6.59. The number of carbonyl (C=O) groups is 1. The summed E-state index contributed by atoms with van der Waals surface area (Å²) < 4.78 is 0. The lowest BCUT2D eigenvalue weighted by Crippen LogP contribution is -2.34. The number of nitrogens with two attached hydrogens (primary N) is 2. The van der Waals surface area contributed by atoms with Gasteiger partial charge in [-0.2, -0.15) is 0 Å². The van der Waals surface area contributed by atoms with Gasteiger partial charge in [-0.05, 0) is 0 Å². The van der Waals surface area contributed by atoms with Crippen LogP contribution >= 0.6 is 0 Å². The second-order valence-corrected chi connectivity index (χ2v) is 2.64. The van der Waals surface area contributed by atoms with Gasteiger partial charge in [-0.3, -0.25) is 4.79 Å². The van der Waals surface area contributed by atoms with Crippen LogP contribution in [0.3, 0.4) is 0 Å². The monoisotopic (exact) mass is 197 g/mol. The van der Waals surface area contributed by atoms with Gasteiger partial charge in [0, 0.05) is 0 Å². The van der Waals surface area contributed by atoms with Gasteiger partial charge in [-0.25, -0.2) is 9.97 Å². The Morgan fingerprint density at radius 3 is 2.64 bits per heavy atom. The number of nitrogens with zero attached hydrogens (tertiary/aromatic N) is 2. The van der Waals surface area contributed by atoms with Gasteiger partial charge in [-0.15, -0.1) is 0 Å². The first-order valence-corrected chi connectivity index (χ1v) is 3.88. The lowest BCUT2D eigenvalue weighted by atomic mass is 10.3. The number of nitrogens with one attached hydrogen (secondary N) is 1. The molecule has 7 nitrogen and oxygen atoms in total. The summed E-state index contributed by atoms with van der Waals surface area (Å²) in [7, 11) is 0. The van der Waals surface area contributed by atoms with E-state index >= 15 is 0 Å². The third-order valence-corrected chi connectivity index (χ3v) is 1.45. The molecule has 76 valence electrons. The average Bonchev–Trinajstić information content (AvgIpc) is 2.16. The Kier molecular flexibility index (Phi) is 3.19. The maximum absolute atomic E-state index is 10.4. The van der Waals surface area contributed by atoms with Crippen molar-refractivity contribution in [1.82, 2.24) is 9.97 Å². The third-order valence-electron chi connectivity index (χ3n) is 1.45. The van der Waals surface area contributed by atoms with Crippen molar-refractivity contribution in [3.63, 3.8) is 0 Å². The van der Waals surface area contributed by atoms with Crippen molar-refractivity contribution in [2.24, 2.45) is 5.73 Å². The molecule has 7 heteroatoms. The molecule has 0 radical (unpaired) electrons. The van der Waals surface area contributed by atoms with Crippen LogP contribution in [0.1, 0.15) is 0 Å². The topological polar surface area (TPSA) is 127 Å². The van der Waals surface area contributed by atoms with E-state index < -0.39 is 12.0 Å². The number of aliphatic hydroxyl groups excluding tert-OH is 1. The lowest BCUT2D eigenvalue weighted by Gasteiger charge is -2.07. The molecule has 0 aliphatic carbocycles. The number of rotatable bonds is 4. The highest BCUT2D eigenvalue weighted by Gasteiger charge is 2.10. The molecule has 0 aliphatic rings. The Labute approximate surface area is 80.2 Å². The predicted molar refractivity (Wildman–Crippen MR) is 50.1 cm³/mol. The number of hydrogen-bond acceptors (Lipinski definition) is 6. The largest absolute Gasteiger partial charge is 0.396 e. The number of amides is 1. The lowest BCUT2D eigenvalue weighted by molar-refractivity contribution is -0.125. The number of carbonyl (C=O) groups excluding carboxylic acids is 1. The second kappa shape index (κ2) is 4.38. The first kappa shape index (κ1) is 10.2. The maximum atomic E-state index is 10.4. The van der Waals surface area contributed by atoms with Crippen LogP contribution in [0, 0.1) is 0 Å². The minimum Gasteiger partial charge on any atom is -0.396 e. The van der Waals surface area contributed by atoms with Gasteiger partial charge in [0.15, 0.2) is 0 Å². The van der Waals surface area contributed by atoms with E-state index in [1.165, 1.54) is 12.4 Å². The van der Waals surface area contributed by atoms with Gasteiger partial charge < -0.3 is 21.9 Å². The minimum atomic E-state index is -1.25. The van der Waals surface area contributed by atoms with Gasteiger partial charge in [0.1, 0.15) is 6.10 Å². The highest BCUT2D eigenvalue weighted by Crippen LogP contribution is 2.00. The Morgan fingerprint density at radius 1 is 1.57 bits per heavy atom. The zero-order chi connectivity index (χ0) is 10.6. The van der Waals surface area contributed by atoms with E-state index in [0.717, 1.165) is 0 Å². The molecule has 1 heterocycles. The zero-order valence-corrected chi connectivity index (χ0v) is 7.34. The van der Waals surface area contributed by atoms with Gasteiger partial charge in [0.05, 0.1) is 24.6 Å². The molecule has 1 atom stereocenters. The smallest absolute Gasteiger partial charge is 0.248 e. The molecule has 1 aromatic heterocycles.